The number of likely N-dealkylation sites (tertiary alicyclic amines) is 1. The van der Waals surface area contributed by atoms with Crippen LogP contribution in [-0.2, 0) is 14.4 Å². The molecule has 1 aromatic carbocycles. The van der Waals surface area contributed by atoms with Crippen molar-refractivity contribution in [3.63, 3.8) is 0 Å². The minimum absolute atomic E-state index is 0.00197. The molecule has 2 fully saturated rings. The van der Waals surface area contributed by atoms with E-state index in [4.69, 9.17) is 0 Å². The molecule has 248 valence electrons. The van der Waals surface area contributed by atoms with Crippen molar-refractivity contribution in [3.8, 4) is 0 Å². The molecule has 1 saturated heterocycles. The van der Waals surface area contributed by atoms with Crippen molar-refractivity contribution in [2.75, 3.05) is 25.9 Å². The van der Waals surface area contributed by atoms with Gasteiger partial charge in [-0.1, -0.05) is 58.2 Å². The lowest BCUT2D eigenvalue weighted by atomic mass is 9.72. The standard InChI is InChI=1S/C34H57N5O4S/c1-22(35-8)30(41)37-29(33(2,3)4)32(43)36-26(21-44-25-16-10-9-11-17-25)28(40)20-39-19-24-15-13-12-14-23(24)18-27(39)31(42)38-34(5,6)7/h9-11,16-17,22-24,26-29,35,40H,12-15,18-21H2,1-8H3,(H,36,43)(H,37,41)(H,38,42). The second-order valence-corrected chi connectivity index (χ2v) is 16.0. The molecule has 9 nitrogen and oxygen atoms in total. The summed E-state index contributed by atoms with van der Waals surface area (Å²) in [4.78, 5) is 43.4. The fourth-order valence-electron chi connectivity index (χ4n) is 6.29. The SMILES string of the molecule is CNC(C)C(=O)NC(C(=O)NC(CSc1ccccc1)C(O)CN1CC2CCCCC2CC1C(=O)NC(C)(C)C)C(C)(C)C. The van der Waals surface area contributed by atoms with Gasteiger partial charge < -0.3 is 26.4 Å². The highest BCUT2D eigenvalue weighted by Gasteiger charge is 2.42. The summed E-state index contributed by atoms with van der Waals surface area (Å²) in [6.07, 6.45) is 4.57. The van der Waals surface area contributed by atoms with E-state index in [1.165, 1.54) is 12.8 Å². The Labute approximate surface area is 269 Å². The number of benzene rings is 1. The zero-order valence-electron chi connectivity index (χ0n) is 28.1. The Morgan fingerprint density at radius 1 is 0.977 bits per heavy atom. The van der Waals surface area contributed by atoms with Gasteiger partial charge in [0.25, 0.3) is 0 Å². The van der Waals surface area contributed by atoms with E-state index < -0.39 is 29.6 Å². The Kier molecular flexibility index (Phi) is 13.1. The van der Waals surface area contributed by atoms with Crippen LogP contribution in [-0.4, -0.2) is 89.4 Å². The maximum atomic E-state index is 13.8. The number of hydrogen-bond acceptors (Lipinski definition) is 7. The zero-order valence-corrected chi connectivity index (χ0v) is 28.9. The summed E-state index contributed by atoms with van der Waals surface area (Å²) in [5.41, 5.74) is -0.918. The lowest BCUT2D eigenvalue weighted by Crippen LogP contribution is -2.62. The number of likely N-dealkylation sites (N-methyl/N-ethyl adjacent to an activating group) is 1. The number of amides is 3. The summed E-state index contributed by atoms with van der Waals surface area (Å²) < 4.78 is 0. The van der Waals surface area contributed by atoms with Gasteiger partial charge in [-0.3, -0.25) is 19.3 Å². The molecule has 3 rings (SSSR count). The number of nitrogens with zero attached hydrogens (tertiary/aromatic N) is 1. The normalized spacial score (nSPS) is 23.9. The van der Waals surface area contributed by atoms with Crippen LogP contribution in [0.25, 0.3) is 0 Å². The number of aliphatic hydroxyl groups is 1. The van der Waals surface area contributed by atoms with Gasteiger partial charge in [-0.2, -0.15) is 0 Å². The molecular weight excluding hydrogens is 574 g/mol. The van der Waals surface area contributed by atoms with Crippen LogP contribution in [0.1, 0.15) is 80.6 Å². The van der Waals surface area contributed by atoms with Crippen molar-refractivity contribution in [2.24, 2.45) is 17.3 Å². The van der Waals surface area contributed by atoms with Gasteiger partial charge in [0, 0.05) is 29.3 Å². The Morgan fingerprint density at radius 2 is 1.61 bits per heavy atom. The number of rotatable bonds is 12. The first-order valence-electron chi connectivity index (χ1n) is 16.3. The molecule has 0 radical (unpaired) electrons. The van der Waals surface area contributed by atoms with E-state index in [9.17, 15) is 19.5 Å². The lowest BCUT2D eigenvalue weighted by Gasteiger charge is -2.47. The van der Waals surface area contributed by atoms with Crippen LogP contribution in [0.2, 0.25) is 0 Å². The molecule has 1 saturated carbocycles. The largest absolute Gasteiger partial charge is 0.390 e. The van der Waals surface area contributed by atoms with Gasteiger partial charge in [-0.25, -0.2) is 0 Å². The first kappa shape index (κ1) is 36.3. The van der Waals surface area contributed by atoms with Crippen LogP contribution in [0.5, 0.6) is 0 Å². The first-order valence-corrected chi connectivity index (χ1v) is 17.3. The first-order chi connectivity index (χ1) is 20.6. The van der Waals surface area contributed by atoms with E-state index in [0.29, 0.717) is 17.6 Å². The fraction of sp³-hybridized carbons (Fsp3) is 0.735. The molecule has 0 spiro atoms. The molecule has 1 aliphatic heterocycles. The van der Waals surface area contributed by atoms with Crippen molar-refractivity contribution in [3.05, 3.63) is 30.3 Å². The highest BCUT2D eigenvalue weighted by atomic mass is 32.2. The van der Waals surface area contributed by atoms with E-state index in [0.717, 1.165) is 30.7 Å². The van der Waals surface area contributed by atoms with Gasteiger partial charge >= 0.3 is 0 Å². The maximum Gasteiger partial charge on any atom is 0.243 e. The number of thioether (sulfide) groups is 1. The van der Waals surface area contributed by atoms with Crippen LogP contribution in [0.4, 0.5) is 0 Å². The summed E-state index contributed by atoms with van der Waals surface area (Å²) in [5, 5.41) is 23.9. The molecule has 3 amide bonds. The minimum Gasteiger partial charge on any atom is -0.390 e. The number of fused-ring (bicyclic) bond motifs is 1. The second kappa shape index (κ2) is 15.9. The Hall–Kier alpha value is -2.14. The average molecular weight is 632 g/mol. The third-order valence-electron chi connectivity index (χ3n) is 8.93. The van der Waals surface area contributed by atoms with E-state index in [2.05, 4.69) is 26.2 Å². The monoisotopic (exact) mass is 631 g/mol. The number of piperidine rings is 1. The Bertz CT molecular complexity index is 1090. The second-order valence-electron chi connectivity index (χ2n) is 14.9. The molecular formula is C34H57N5O4S. The van der Waals surface area contributed by atoms with E-state index >= 15 is 0 Å². The minimum atomic E-state index is -0.923. The summed E-state index contributed by atoms with van der Waals surface area (Å²) in [6.45, 7) is 14.5. The van der Waals surface area contributed by atoms with E-state index in [1.54, 1.807) is 25.7 Å². The number of nitrogens with one attached hydrogen (secondary N) is 4. The summed E-state index contributed by atoms with van der Waals surface area (Å²) in [6, 6.07) is 7.71. The summed E-state index contributed by atoms with van der Waals surface area (Å²) in [7, 11) is 1.70. The highest BCUT2D eigenvalue weighted by Crippen LogP contribution is 2.39. The van der Waals surface area contributed by atoms with Crippen LogP contribution in [0, 0.1) is 17.3 Å². The zero-order chi connectivity index (χ0) is 32.7. The smallest absolute Gasteiger partial charge is 0.243 e. The predicted octanol–water partition coefficient (Wildman–Crippen LogP) is 3.56. The fourth-order valence-corrected chi connectivity index (χ4v) is 7.31. The van der Waals surface area contributed by atoms with Crippen molar-refractivity contribution < 1.29 is 19.5 Å². The molecule has 0 aromatic heterocycles. The third kappa shape index (κ3) is 10.7. The van der Waals surface area contributed by atoms with Gasteiger partial charge in [0.15, 0.2) is 0 Å². The summed E-state index contributed by atoms with van der Waals surface area (Å²) in [5.74, 6) is 0.875. The van der Waals surface area contributed by atoms with Gasteiger partial charge in [0.2, 0.25) is 17.7 Å². The Balaban J connectivity index is 1.84. The molecule has 44 heavy (non-hydrogen) atoms. The van der Waals surface area contributed by atoms with Crippen LogP contribution < -0.4 is 21.3 Å². The molecule has 0 bridgehead atoms. The molecule has 5 N–H and O–H groups in total. The van der Waals surface area contributed by atoms with Crippen molar-refractivity contribution >= 4 is 29.5 Å². The number of carbonyl (C=O) groups excluding carboxylic acids is 3. The lowest BCUT2D eigenvalue weighted by molar-refractivity contribution is -0.134. The quantitative estimate of drug-likeness (QED) is 0.224. The number of carbonyl (C=O) groups is 3. The molecule has 1 aliphatic carbocycles. The number of β-amino-alcohol motifs (C(OH)–C–C–N with tert-alkyl or cyclic N) is 1. The molecule has 7 atom stereocenters. The molecule has 7 unspecified atom stereocenters. The van der Waals surface area contributed by atoms with E-state index in [1.807, 2.05) is 71.9 Å². The summed E-state index contributed by atoms with van der Waals surface area (Å²) >= 11 is 1.57. The third-order valence-corrected chi connectivity index (χ3v) is 10.1. The Morgan fingerprint density at radius 3 is 2.20 bits per heavy atom. The molecule has 2 aliphatic rings. The predicted molar refractivity (Wildman–Crippen MR) is 178 cm³/mol. The molecule has 1 aromatic rings. The van der Waals surface area contributed by atoms with E-state index in [-0.39, 0.29) is 35.8 Å². The molecule has 1 heterocycles. The average Bonchev–Trinajstić information content (AvgIpc) is 2.95. The highest BCUT2D eigenvalue weighted by molar-refractivity contribution is 7.99. The van der Waals surface area contributed by atoms with Gasteiger partial charge in [0.05, 0.1) is 24.2 Å². The van der Waals surface area contributed by atoms with Gasteiger partial charge in [0.1, 0.15) is 6.04 Å². The van der Waals surface area contributed by atoms with Gasteiger partial charge in [-0.05, 0) is 77.0 Å². The molecule has 10 heteroatoms. The van der Waals surface area contributed by atoms with Crippen LogP contribution >= 0.6 is 11.8 Å². The maximum absolute atomic E-state index is 13.8. The number of hydrogen-bond donors (Lipinski definition) is 5. The topological polar surface area (TPSA) is 123 Å². The van der Waals surface area contributed by atoms with Crippen LogP contribution in [0.15, 0.2) is 35.2 Å². The van der Waals surface area contributed by atoms with Crippen molar-refractivity contribution in [1.82, 2.24) is 26.2 Å². The van der Waals surface area contributed by atoms with Crippen LogP contribution in [0.3, 0.4) is 0 Å². The van der Waals surface area contributed by atoms with Crippen molar-refractivity contribution in [1.29, 1.82) is 0 Å². The number of aliphatic hydroxyl groups excluding tert-OH is 1. The van der Waals surface area contributed by atoms with Gasteiger partial charge in [-0.15, -0.1) is 11.8 Å². The van der Waals surface area contributed by atoms with Crippen molar-refractivity contribution in [2.45, 2.75) is 121 Å².